The van der Waals surface area contributed by atoms with Gasteiger partial charge in [0, 0.05) is 34.7 Å². The number of nitrogens with zero attached hydrogens (tertiary/aromatic N) is 1. The number of halogens is 1. The second-order valence-electron chi connectivity index (χ2n) is 5.50. The van der Waals surface area contributed by atoms with Crippen molar-refractivity contribution in [2.24, 2.45) is 17.6 Å². The monoisotopic (exact) mass is 340 g/mol. The molecular formula is C14H17BrN2OS. The summed E-state index contributed by atoms with van der Waals surface area (Å²) in [5, 5.41) is 10.0. The van der Waals surface area contributed by atoms with Gasteiger partial charge in [0.15, 0.2) is 0 Å². The number of nitrogens with two attached hydrogens (primary N) is 1. The first-order valence-corrected chi connectivity index (χ1v) is 7.78. The molecule has 3 nitrogen and oxygen atoms in total. The Morgan fingerprint density at radius 1 is 1.37 bits per heavy atom. The van der Waals surface area contributed by atoms with Gasteiger partial charge in [0.25, 0.3) is 0 Å². The molecule has 19 heavy (non-hydrogen) atoms. The van der Waals surface area contributed by atoms with Gasteiger partial charge >= 0.3 is 0 Å². The highest BCUT2D eigenvalue weighted by atomic mass is 79.9. The van der Waals surface area contributed by atoms with E-state index in [2.05, 4.69) is 26.9 Å². The van der Waals surface area contributed by atoms with E-state index >= 15 is 0 Å². The van der Waals surface area contributed by atoms with Crippen LogP contribution in [0.25, 0.3) is 0 Å². The number of rotatable bonds is 2. The van der Waals surface area contributed by atoms with Crippen molar-refractivity contribution in [2.75, 3.05) is 18.0 Å². The molecule has 102 valence electrons. The molecule has 0 aromatic heterocycles. The maximum absolute atomic E-state index is 10.0. The smallest absolute Gasteiger partial charge is 0.106 e. The highest BCUT2D eigenvalue weighted by molar-refractivity contribution is 9.10. The molecule has 3 atom stereocenters. The number of aliphatic hydroxyl groups is 1. The molecule has 1 aliphatic heterocycles. The highest BCUT2D eigenvalue weighted by Crippen LogP contribution is 2.41. The van der Waals surface area contributed by atoms with E-state index in [9.17, 15) is 5.11 Å². The van der Waals surface area contributed by atoms with Gasteiger partial charge in [0.2, 0.25) is 0 Å². The van der Waals surface area contributed by atoms with Crippen molar-refractivity contribution in [3.63, 3.8) is 0 Å². The molecule has 2 fully saturated rings. The summed E-state index contributed by atoms with van der Waals surface area (Å²) in [5.41, 5.74) is 7.83. The van der Waals surface area contributed by atoms with Crippen LogP contribution in [0, 0.1) is 11.8 Å². The Hall–Kier alpha value is -0.650. The average molecular weight is 341 g/mol. The quantitative estimate of drug-likeness (QED) is 0.811. The fraction of sp³-hybridized carbons (Fsp3) is 0.500. The van der Waals surface area contributed by atoms with Gasteiger partial charge in [0.05, 0.1) is 6.10 Å². The third-order valence-electron chi connectivity index (χ3n) is 4.38. The van der Waals surface area contributed by atoms with E-state index in [0.29, 0.717) is 16.8 Å². The summed E-state index contributed by atoms with van der Waals surface area (Å²) in [5.74, 6) is 1.01. The maximum atomic E-state index is 10.0. The predicted molar refractivity (Wildman–Crippen MR) is 84.5 cm³/mol. The topological polar surface area (TPSA) is 49.5 Å². The lowest BCUT2D eigenvalue weighted by Crippen LogP contribution is -2.26. The first kappa shape index (κ1) is 13.3. The van der Waals surface area contributed by atoms with Crippen molar-refractivity contribution in [2.45, 2.75) is 18.9 Å². The lowest BCUT2D eigenvalue weighted by molar-refractivity contribution is 0.133. The number of thiocarbonyl (C=S) groups is 1. The van der Waals surface area contributed by atoms with Crippen molar-refractivity contribution in [1.29, 1.82) is 0 Å². The van der Waals surface area contributed by atoms with E-state index in [1.165, 1.54) is 0 Å². The van der Waals surface area contributed by atoms with Gasteiger partial charge in [-0.25, -0.2) is 0 Å². The van der Waals surface area contributed by atoms with Gasteiger partial charge in [0.1, 0.15) is 4.99 Å². The molecule has 1 aromatic rings. The van der Waals surface area contributed by atoms with Crippen molar-refractivity contribution in [1.82, 2.24) is 0 Å². The van der Waals surface area contributed by atoms with Crippen LogP contribution in [0.4, 0.5) is 5.69 Å². The SMILES string of the molecule is NC(=S)c1ccc(Br)cc1N1CC2CCC(O)C2C1. The third kappa shape index (κ3) is 2.39. The molecular weight excluding hydrogens is 324 g/mol. The Balaban J connectivity index is 1.91. The van der Waals surface area contributed by atoms with Crippen LogP contribution in [-0.2, 0) is 0 Å². The summed E-state index contributed by atoms with van der Waals surface area (Å²) >= 11 is 8.64. The minimum atomic E-state index is -0.143. The number of fused-ring (bicyclic) bond motifs is 1. The molecule has 3 unspecified atom stereocenters. The zero-order chi connectivity index (χ0) is 13.6. The van der Waals surface area contributed by atoms with Gasteiger partial charge in [-0.05, 0) is 37.0 Å². The van der Waals surface area contributed by atoms with Crippen LogP contribution in [0.5, 0.6) is 0 Å². The van der Waals surface area contributed by atoms with Gasteiger partial charge < -0.3 is 15.7 Å². The van der Waals surface area contributed by atoms with Crippen LogP contribution < -0.4 is 10.6 Å². The number of hydrogen-bond donors (Lipinski definition) is 2. The van der Waals surface area contributed by atoms with Crippen LogP contribution in [0.1, 0.15) is 18.4 Å². The average Bonchev–Trinajstić information content (AvgIpc) is 2.91. The number of hydrogen-bond acceptors (Lipinski definition) is 3. The lowest BCUT2D eigenvalue weighted by Gasteiger charge is -2.23. The van der Waals surface area contributed by atoms with E-state index < -0.39 is 0 Å². The Labute approximate surface area is 126 Å². The van der Waals surface area contributed by atoms with Crippen LogP contribution in [0.3, 0.4) is 0 Å². The summed E-state index contributed by atoms with van der Waals surface area (Å²) in [7, 11) is 0. The molecule has 1 aliphatic carbocycles. The number of anilines is 1. The Morgan fingerprint density at radius 2 is 2.16 bits per heavy atom. The normalized spacial score (nSPS) is 29.6. The molecule has 1 aromatic carbocycles. The van der Waals surface area contributed by atoms with Crippen LogP contribution >= 0.6 is 28.1 Å². The van der Waals surface area contributed by atoms with Crippen molar-refractivity contribution in [3.8, 4) is 0 Å². The third-order valence-corrected chi connectivity index (χ3v) is 5.10. The summed E-state index contributed by atoms with van der Waals surface area (Å²) in [6.07, 6.45) is 1.93. The predicted octanol–water partition coefficient (Wildman–Crippen LogP) is 2.29. The summed E-state index contributed by atoms with van der Waals surface area (Å²) < 4.78 is 1.03. The summed E-state index contributed by atoms with van der Waals surface area (Å²) in [6.45, 7) is 1.89. The van der Waals surface area contributed by atoms with Crippen LogP contribution in [-0.4, -0.2) is 29.3 Å². The van der Waals surface area contributed by atoms with E-state index in [0.717, 1.165) is 41.7 Å². The second kappa shape index (κ2) is 5.04. The molecule has 0 amide bonds. The molecule has 0 bridgehead atoms. The summed E-state index contributed by atoms with van der Waals surface area (Å²) in [6, 6.07) is 6.00. The second-order valence-corrected chi connectivity index (χ2v) is 6.85. The fourth-order valence-electron chi connectivity index (χ4n) is 3.41. The minimum Gasteiger partial charge on any atom is -0.393 e. The van der Waals surface area contributed by atoms with E-state index in [4.69, 9.17) is 18.0 Å². The van der Waals surface area contributed by atoms with Crippen LogP contribution in [0.2, 0.25) is 0 Å². The standard InChI is InChI=1S/C14H17BrN2OS/c15-9-2-3-10(14(16)19)12(5-9)17-6-8-1-4-13(18)11(8)7-17/h2-3,5,8,11,13,18H,1,4,6-7H2,(H2,16,19). The first-order chi connectivity index (χ1) is 9.06. The molecule has 2 aliphatic rings. The van der Waals surface area contributed by atoms with Gasteiger partial charge in [-0.3, -0.25) is 0 Å². The maximum Gasteiger partial charge on any atom is 0.106 e. The van der Waals surface area contributed by atoms with Gasteiger partial charge in [-0.15, -0.1) is 0 Å². The first-order valence-electron chi connectivity index (χ1n) is 6.58. The molecule has 3 rings (SSSR count). The van der Waals surface area contributed by atoms with E-state index in [1.807, 2.05) is 12.1 Å². The number of aliphatic hydroxyl groups excluding tert-OH is 1. The minimum absolute atomic E-state index is 0.143. The number of benzene rings is 1. The zero-order valence-corrected chi connectivity index (χ0v) is 13.0. The molecule has 1 saturated heterocycles. The van der Waals surface area contributed by atoms with Gasteiger partial charge in [-0.1, -0.05) is 28.1 Å². The van der Waals surface area contributed by atoms with Crippen LogP contribution in [0.15, 0.2) is 22.7 Å². The summed E-state index contributed by atoms with van der Waals surface area (Å²) in [4.78, 5) is 2.75. The van der Waals surface area contributed by atoms with Gasteiger partial charge in [-0.2, -0.15) is 0 Å². The Bertz CT molecular complexity index is 522. The van der Waals surface area contributed by atoms with E-state index in [-0.39, 0.29) is 6.10 Å². The van der Waals surface area contributed by atoms with Crippen molar-refractivity contribution >= 4 is 38.8 Å². The largest absolute Gasteiger partial charge is 0.393 e. The molecule has 1 heterocycles. The Kier molecular flexibility index (Phi) is 3.53. The molecule has 0 spiro atoms. The molecule has 5 heteroatoms. The molecule has 1 saturated carbocycles. The van der Waals surface area contributed by atoms with Crippen molar-refractivity contribution < 1.29 is 5.11 Å². The zero-order valence-electron chi connectivity index (χ0n) is 10.6. The molecule has 3 N–H and O–H groups in total. The lowest BCUT2D eigenvalue weighted by atomic mass is 10.00. The fourth-order valence-corrected chi connectivity index (χ4v) is 3.93. The van der Waals surface area contributed by atoms with Crippen molar-refractivity contribution in [3.05, 3.63) is 28.2 Å². The van der Waals surface area contributed by atoms with E-state index in [1.54, 1.807) is 0 Å². The highest BCUT2D eigenvalue weighted by Gasteiger charge is 2.42. The Morgan fingerprint density at radius 3 is 2.84 bits per heavy atom. The molecule has 0 radical (unpaired) electrons.